The standard InChI is InChI=1S/C22H28BNO5/c1-4-9-24-21(26)16-10-14(12(2)3)20-15(19(16)22(24)27)11-18(29-23(20)28)13-7-5-6-8-17(13)25/h5-8,12,15-16,18-19,25,28H,4,9-11H2,1-3H3/t15-,16-,18-,19+/m0/s1. The topological polar surface area (TPSA) is 87.1 Å². The fraction of sp³-hybridized carbons (Fsp3) is 0.545. The third kappa shape index (κ3) is 3.20. The number of allylic oxidation sites excluding steroid dienone is 2. The molecule has 3 aliphatic rings. The molecule has 2 N–H and O–H groups in total. The predicted octanol–water partition coefficient (Wildman–Crippen LogP) is 2.86. The Morgan fingerprint density at radius 3 is 2.59 bits per heavy atom. The Labute approximate surface area is 171 Å². The van der Waals surface area contributed by atoms with Crippen molar-refractivity contribution in [1.29, 1.82) is 0 Å². The van der Waals surface area contributed by atoms with E-state index in [2.05, 4.69) is 0 Å². The molecule has 1 aromatic rings. The van der Waals surface area contributed by atoms with Gasteiger partial charge < -0.3 is 14.8 Å². The molecule has 0 aromatic heterocycles. The maximum atomic E-state index is 13.2. The van der Waals surface area contributed by atoms with E-state index in [0.717, 1.165) is 17.5 Å². The molecule has 2 aliphatic heterocycles. The number of nitrogens with zero attached hydrogens (tertiary/aromatic N) is 1. The lowest BCUT2D eigenvalue weighted by atomic mass is 9.54. The average Bonchev–Trinajstić information content (AvgIpc) is 2.92. The fourth-order valence-corrected chi connectivity index (χ4v) is 5.37. The van der Waals surface area contributed by atoms with Crippen molar-refractivity contribution < 1.29 is 24.4 Å². The van der Waals surface area contributed by atoms with Crippen LogP contribution in [0.25, 0.3) is 0 Å². The summed E-state index contributed by atoms with van der Waals surface area (Å²) >= 11 is 0. The molecule has 2 amide bonds. The molecule has 1 aromatic carbocycles. The molecule has 4 atom stereocenters. The first kappa shape index (κ1) is 20.2. The van der Waals surface area contributed by atoms with Crippen LogP contribution >= 0.6 is 0 Å². The predicted molar refractivity (Wildman–Crippen MR) is 108 cm³/mol. The summed E-state index contributed by atoms with van der Waals surface area (Å²) in [6.45, 7) is 6.49. The number of imide groups is 1. The zero-order valence-electron chi connectivity index (χ0n) is 17.2. The number of benzene rings is 1. The molecule has 6 nitrogen and oxygen atoms in total. The molecule has 1 aliphatic carbocycles. The fourth-order valence-electron chi connectivity index (χ4n) is 5.37. The zero-order chi connectivity index (χ0) is 20.9. The Bertz CT molecular complexity index is 867. The molecular formula is C22H28BNO5. The largest absolute Gasteiger partial charge is 0.508 e. The van der Waals surface area contributed by atoms with Gasteiger partial charge in [-0.25, -0.2) is 0 Å². The Hall–Kier alpha value is -2.12. The molecule has 0 saturated carbocycles. The van der Waals surface area contributed by atoms with Crippen LogP contribution in [-0.2, 0) is 14.2 Å². The van der Waals surface area contributed by atoms with Crippen LogP contribution in [0, 0.1) is 23.7 Å². The van der Waals surface area contributed by atoms with Crippen LogP contribution in [0.2, 0.25) is 0 Å². The van der Waals surface area contributed by atoms with Gasteiger partial charge in [-0.3, -0.25) is 14.5 Å². The van der Waals surface area contributed by atoms with Crippen LogP contribution in [0.1, 0.15) is 51.7 Å². The number of hydrogen-bond acceptors (Lipinski definition) is 5. The third-order valence-electron chi connectivity index (χ3n) is 6.67. The number of aromatic hydroxyl groups is 1. The van der Waals surface area contributed by atoms with E-state index in [1.807, 2.05) is 26.8 Å². The van der Waals surface area contributed by atoms with Gasteiger partial charge in [0.25, 0.3) is 0 Å². The molecule has 7 heteroatoms. The highest BCUT2D eigenvalue weighted by Crippen LogP contribution is 2.53. The van der Waals surface area contributed by atoms with Gasteiger partial charge in [0, 0.05) is 12.1 Å². The van der Waals surface area contributed by atoms with Crippen molar-refractivity contribution in [3.63, 3.8) is 0 Å². The first-order valence-corrected chi connectivity index (χ1v) is 10.5. The van der Waals surface area contributed by atoms with Gasteiger partial charge in [0.2, 0.25) is 11.8 Å². The average molecular weight is 397 g/mol. The Morgan fingerprint density at radius 1 is 1.21 bits per heavy atom. The van der Waals surface area contributed by atoms with Gasteiger partial charge in [0.05, 0.1) is 17.9 Å². The lowest BCUT2D eigenvalue weighted by Gasteiger charge is -2.43. The second-order valence-electron chi connectivity index (χ2n) is 8.68. The molecule has 4 rings (SSSR count). The maximum Gasteiger partial charge on any atom is 0.487 e. The maximum absolute atomic E-state index is 13.2. The van der Waals surface area contributed by atoms with Crippen molar-refractivity contribution in [2.24, 2.45) is 23.7 Å². The summed E-state index contributed by atoms with van der Waals surface area (Å²) in [5.41, 5.74) is 2.40. The van der Waals surface area contributed by atoms with E-state index in [-0.39, 0.29) is 35.3 Å². The Morgan fingerprint density at radius 2 is 1.93 bits per heavy atom. The van der Waals surface area contributed by atoms with Crippen LogP contribution < -0.4 is 0 Å². The zero-order valence-corrected chi connectivity index (χ0v) is 17.2. The highest BCUT2D eigenvalue weighted by molar-refractivity contribution is 6.53. The molecular weight excluding hydrogens is 369 g/mol. The minimum absolute atomic E-state index is 0.0841. The van der Waals surface area contributed by atoms with Crippen molar-refractivity contribution in [2.45, 2.75) is 46.1 Å². The van der Waals surface area contributed by atoms with Gasteiger partial charge in [-0.15, -0.1) is 0 Å². The van der Waals surface area contributed by atoms with Crippen LogP contribution in [0.5, 0.6) is 5.75 Å². The number of likely N-dealkylation sites (tertiary alicyclic amines) is 1. The number of rotatable bonds is 4. The number of phenolic OH excluding ortho intramolecular Hbond substituents is 1. The van der Waals surface area contributed by atoms with E-state index < -0.39 is 19.1 Å². The van der Waals surface area contributed by atoms with Gasteiger partial charge in [0.1, 0.15) is 5.75 Å². The normalized spacial score (nSPS) is 29.6. The molecule has 2 saturated heterocycles. The second-order valence-corrected chi connectivity index (χ2v) is 8.68. The van der Waals surface area contributed by atoms with Gasteiger partial charge in [-0.1, -0.05) is 44.5 Å². The number of amides is 2. The van der Waals surface area contributed by atoms with E-state index in [1.165, 1.54) is 4.90 Å². The number of phenols is 1. The smallest absolute Gasteiger partial charge is 0.487 e. The van der Waals surface area contributed by atoms with E-state index in [9.17, 15) is 19.7 Å². The van der Waals surface area contributed by atoms with Gasteiger partial charge >= 0.3 is 7.12 Å². The summed E-state index contributed by atoms with van der Waals surface area (Å²) in [7, 11) is -1.14. The lowest BCUT2D eigenvalue weighted by Crippen LogP contribution is -2.45. The third-order valence-corrected chi connectivity index (χ3v) is 6.67. The van der Waals surface area contributed by atoms with Gasteiger partial charge in [-0.05, 0) is 42.6 Å². The summed E-state index contributed by atoms with van der Waals surface area (Å²) in [5.74, 6) is -1.05. The number of hydrogen-bond donors (Lipinski definition) is 2. The molecule has 0 spiro atoms. The monoisotopic (exact) mass is 397 g/mol. The second kappa shape index (κ2) is 7.61. The number of para-hydroxylation sites is 1. The Kier molecular flexibility index (Phi) is 5.30. The van der Waals surface area contributed by atoms with E-state index in [4.69, 9.17) is 4.65 Å². The van der Waals surface area contributed by atoms with Gasteiger partial charge in [0.15, 0.2) is 0 Å². The molecule has 2 heterocycles. The summed E-state index contributed by atoms with van der Waals surface area (Å²) in [6.07, 6.45) is 1.15. The number of fused-ring (bicyclic) bond motifs is 3. The van der Waals surface area contributed by atoms with Crippen molar-refractivity contribution in [2.75, 3.05) is 6.54 Å². The molecule has 29 heavy (non-hydrogen) atoms. The highest BCUT2D eigenvalue weighted by Gasteiger charge is 2.57. The first-order chi connectivity index (χ1) is 13.8. The van der Waals surface area contributed by atoms with Crippen LogP contribution in [0.15, 0.2) is 35.3 Å². The lowest BCUT2D eigenvalue weighted by molar-refractivity contribution is -0.140. The van der Waals surface area contributed by atoms with Crippen LogP contribution in [0.3, 0.4) is 0 Å². The summed E-state index contributed by atoms with van der Waals surface area (Å²) in [4.78, 5) is 27.6. The van der Waals surface area contributed by atoms with Crippen molar-refractivity contribution in [3.05, 3.63) is 40.9 Å². The molecule has 154 valence electrons. The highest BCUT2D eigenvalue weighted by atomic mass is 16.5. The summed E-state index contributed by atoms with van der Waals surface area (Å²) in [6, 6.07) is 6.91. The number of carbonyl (C=O) groups excluding carboxylic acids is 2. The van der Waals surface area contributed by atoms with E-state index >= 15 is 0 Å². The quantitative estimate of drug-likeness (QED) is 0.603. The van der Waals surface area contributed by atoms with E-state index in [1.54, 1.807) is 18.2 Å². The van der Waals surface area contributed by atoms with Crippen LogP contribution in [-0.4, -0.2) is 40.5 Å². The molecule has 2 fully saturated rings. The van der Waals surface area contributed by atoms with Crippen molar-refractivity contribution >= 4 is 18.9 Å². The van der Waals surface area contributed by atoms with E-state index in [0.29, 0.717) is 24.9 Å². The van der Waals surface area contributed by atoms with Crippen LogP contribution in [0.4, 0.5) is 0 Å². The SMILES string of the molecule is CCCN1C(=O)[C@H]2[C@H](CC(C(C)C)=C3B(O)O[C@H](c4ccccc4O)C[C@H]32)C1=O. The summed E-state index contributed by atoms with van der Waals surface area (Å²) in [5, 5.41) is 21.2. The number of carbonyl (C=O) groups is 2. The minimum Gasteiger partial charge on any atom is -0.508 e. The molecule has 0 radical (unpaired) electrons. The molecule has 0 unspecified atom stereocenters. The van der Waals surface area contributed by atoms with Gasteiger partial charge in [-0.2, -0.15) is 0 Å². The summed E-state index contributed by atoms with van der Waals surface area (Å²) < 4.78 is 5.92. The van der Waals surface area contributed by atoms with Crippen molar-refractivity contribution in [1.82, 2.24) is 4.90 Å². The first-order valence-electron chi connectivity index (χ1n) is 10.5. The molecule has 0 bridgehead atoms. The Balaban J connectivity index is 1.76. The minimum atomic E-state index is -1.14. The van der Waals surface area contributed by atoms with Crippen molar-refractivity contribution in [3.8, 4) is 5.75 Å².